The second kappa shape index (κ2) is 8.42. The second-order valence-electron chi connectivity index (χ2n) is 6.25. The Morgan fingerprint density at radius 3 is 2.52 bits per heavy atom. The number of nitrogens with one attached hydrogen (secondary N) is 2. The Labute approximate surface area is 193 Å². The molecule has 2 amide bonds. The van der Waals surface area contributed by atoms with Crippen LogP contribution in [0, 0.1) is 0 Å². The fourth-order valence-electron chi connectivity index (χ4n) is 2.75. The van der Waals surface area contributed by atoms with Crippen molar-refractivity contribution in [1.82, 2.24) is 14.3 Å². The fourth-order valence-corrected chi connectivity index (χ4v) is 5.51. The Morgan fingerprint density at radius 2 is 1.84 bits per heavy atom. The van der Waals surface area contributed by atoms with Crippen molar-refractivity contribution in [2.24, 2.45) is 0 Å². The molecule has 2 aromatic heterocycles. The first-order valence-electron chi connectivity index (χ1n) is 8.59. The molecule has 0 unspecified atom stereocenters. The van der Waals surface area contributed by atoms with Crippen LogP contribution in [0.15, 0.2) is 74.4 Å². The highest BCUT2D eigenvalue weighted by molar-refractivity contribution is 9.10. The fraction of sp³-hybridized carbons (Fsp3) is 0. The number of aromatic nitrogens is 2. The van der Waals surface area contributed by atoms with E-state index in [9.17, 15) is 18.0 Å². The maximum Gasteiger partial charge on any atom is 0.333 e. The van der Waals surface area contributed by atoms with E-state index in [0.717, 1.165) is 15.8 Å². The number of amides is 2. The van der Waals surface area contributed by atoms with Crippen molar-refractivity contribution in [1.29, 1.82) is 0 Å². The van der Waals surface area contributed by atoms with Gasteiger partial charge in [0.15, 0.2) is 0 Å². The average Bonchev–Trinajstić information content (AvgIpc) is 3.16. The maximum atomic E-state index is 12.8. The summed E-state index contributed by atoms with van der Waals surface area (Å²) in [7, 11) is -4.03. The number of carbonyl (C=O) groups is 1. The number of fused-ring (bicyclic) bond motifs is 1. The van der Waals surface area contributed by atoms with E-state index in [1.165, 1.54) is 23.0 Å². The molecule has 4 rings (SSSR count). The minimum Gasteiger partial charge on any atom is -0.307 e. The molecule has 8 nitrogen and oxygen atoms in total. The average molecular weight is 540 g/mol. The minimum absolute atomic E-state index is 0.0715. The highest BCUT2D eigenvalue weighted by Gasteiger charge is 2.19. The molecule has 0 fully saturated rings. The number of thiophene rings is 1. The lowest BCUT2D eigenvalue weighted by Crippen LogP contribution is -2.33. The second-order valence-corrected chi connectivity index (χ2v) is 10.8. The minimum atomic E-state index is -4.03. The molecular weight excluding hydrogens is 528 g/mol. The zero-order valence-electron chi connectivity index (χ0n) is 15.4. The highest BCUT2D eigenvalue weighted by Crippen LogP contribution is 2.25. The van der Waals surface area contributed by atoms with E-state index in [4.69, 9.17) is 11.6 Å². The van der Waals surface area contributed by atoms with Gasteiger partial charge in [-0.2, -0.15) is 0 Å². The summed E-state index contributed by atoms with van der Waals surface area (Å²) < 4.78 is 28.7. The molecule has 0 bridgehead atoms. The number of benzene rings is 2. The molecule has 12 heteroatoms. The molecule has 2 N–H and O–H groups in total. The first-order valence-corrected chi connectivity index (χ1v) is 12.1. The van der Waals surface area contributed by atoms with Gasteiger partial charge in [-0.05, 0) is 54.6 Å². The number of anilines is 1. The van der Waals surface area contributed by atoms with Gasteiger partial charge in [-0.15, -0.1) is 11.3 Å². The predicted molar refractivity (Wildman–Crippen MR) is 124 cm³/mol. The SMILES string of the molecule is O=C(Nc1ccc(-n2cnc3ccc(Br)cc3c2=O)cc1)NS(=O)(=O)c1ccc(Cl)s1. The van der Waals surface area contributed by atoms with E-state index in [0.29, 0.717) is 26.6 Å². The van der Waals surface area contributed by atoms with E-state index in [1.54, 1.807) is 42.5 Å². The summed E-state index contributed by atoms with van der Waals surface area (Å²) in [6.45, 7) is 0. The number of urea groups is 1. The van der Waals surface area contributed by atoms with Crippen molar-refractivity contribution < 1.29 is 13.2 Å². The molecule has 4 aromatic rings. The Hall–Kier alpha value is -2.73. The standard InChI is InChI=1S/C19H12BrClN4O4S2/c20-11-1-6-15-14(9-11)18(26)25(10-22-15)13-4-2-12(3-5-13)23-19(27)24-31(28,29)17-8-7-16(21)30-17/h1-10H,(H2,23,24,27). The zero-order chi connectivity index (χ0) is 22.2. The first kappa shape index (κ1) is 21.5. The van der Waals surface area contributed by atoms with Crippen molar-refractivity contribution in [3.63, 3.8) is 0 Å². The molecule has 2 heterocycles. The van der Waals surface area contributed by atoms with Crippen molar-refractivity contribution in [3.05, 3.63) is 80.1 Å². The largest absolute Gasteiger partial charge is 0.333 e. The summed E-state index contributed by atoms with van der Waals surface area (Å²) in [5.74, 6) is 0. The maximum absolute atomic E-state index is 12.8. The van der Waals surface area contributed by atoms with E-state index in [2.05, 4.69) is 26.2 Å². The van der Waals surface area contributed by atoms with Gasteiger partial charge in [0.05, 0.1) is 20.9 Å². The van der Waals surface area contributed by atoms with Crippen molar-refractivity contribution in [2.45, 2.75) is 4.21 Å². The molecule has 0 atom stereocenters. The quantitative estimate of drug-likeness (QED) is 0.400. The number of rotatable bonds is 4. The third-order valence-corrected chi connectivity index (χ3v) is 7.71. The van der Waals surface area contributed by atoms with Crippen LogP contribution >= 0.6 is 38.9 Å². The molecule has 158 valence electrons. The summed E-state index contributed by atoms with van der Waals surface area (Å²) in [6, 6.07) is 13.4. The van der Waals surface area contributed by atoms with Crippen LogP contribution in [0.4, 0.5) is 10.5 Å². The zero-order valence-corrected chi connectivity index (χ0v) is 19.3. The van der Waals surface area contributed by atoms with Crippen LogP contribution in [0.1, 0.15) is 0 Å². The van der Waals surface area contributed by atoms with Crippen LogP contribution in [0.2, 0.25) is 4.34 Å². The Morgan fingerprint density at radius 1 is 1.10 bits per heavy atom. The lowest BCUT2D eigenvalue weighted by Gasteiger charge is -2.10. The molecule has 0 aliphatic heterocycles. The molecule has 0 saturated carbocycles. The number of nitrogens with zero attached hydrogens (tertiary/aromatic N) is 2. The summed E-state index contributed by atoms with van der Waals surface area (Å²) in [4.78, 5) is 29.2. The van der Waals surface area contributed by atoms with Crippen LogP contribution in [0.25, 0.3) is 16.6 Å². The molecule has 31 heavy (non-hydrogen) atoms. The number of sulfonamides is 1. The van der Waals surface area contributed by atoms with Gasteiger partial charge in [0.2, 0.25) is 0 Å². The summed E-state index contributed by atoms with van der Waals surface area (Å²) >= 11 is 9.93. The third-order valence-electron chi connectivity index (χ3n) is 4.16. The van der Waals surface area contributed by atoms with Gasteiger partial charge in [-0.1, -0.05) is 27.5 Å². The lowest BCUT2D eigenvalue weighted by atomic mass is 10.2. The molecule has 0 aliphatic rings. The summed E-state index contributed by atoms with van der Waals surface area (Å²) in [5.41, 5.74) is 1.20. The van der Waals surface area contributed by atoms with Crippen LogP contribution in [-0.4, -0.2) is 24.0 Å². The molecule has 0 aliphatic carbocycles. The van der Waals surface area contributed by atoms with E-state index in [-0.39, 0.29) is 9.77 Å². The predicted octanol–water partition coefficient (Wildman–Crippen LogP) is 4.37. The molecule has 0 spiro atoms. The molecular formula is C19H12BrClN4O4S2. The number of halogens is 2. The van der Waals surface area contributed by atoms with Crippen molar-refractivity contribution in [2.75, 3.05) is 5.32 Å². The van der Waals surface area contributed by atoms with E-state index >= 15 is 0 Å². The topological polar surface area (TPSA) is 110 Å². The van der Waals surface area contributed by atoms with Crippen molar-refractivity contribution in [3.8, 4) is 5.69 Å². The molecule has 0 saturated heterocycles. The van der Waals surface area contributed by atoms with Gasteiger partial charge < -0.3 is 5.32 Å². The highest BCUT2D eigenvalue weighted by atomic mass is 79.9. The van der Waals surface area contributed by atoms with Crippen LogP contribution in [0.3, 0.4) is 0 Å². The van der Waals surface area contributed by atoms with Gasteiger partial charge in [0, 0.05) is 10.2 Å². The third kappa shape index (κ3) is 4.64. The van der Waals surface area contributed by atoms with Gasteiger partial charge in [-0.3, -0.25) is 9.36 Å². The monoisotopic (exact) mass is 538 g/mol. The Bertz CT molecular complexity index is 1470. The van der Waals surface area contributed by atoms with Gasteiger partial charge in [0.25, 0.3) is 15.6 Å². The van der Waals surface area contributed by atoms with E-state index < -0.39 is 16.1 Å². The smallest absolute Gasteiger partial charge is 0.307 e. The first-order chi connectivity index (χ1) is 14.7. The number of hydrogen-bond donors (Lipinski definition) is 2. The normalized spacial score (nSPS) is 11.4. The van der Waals surface area contributed by atoms with Crippen LogP contribution in [-0.2, 0) is 10.0 Å². The van der Waals surface area contributed by atoms with Gasteiger partial charge in [-0.25, -0.2) is 22.9 Å². The lowest BCUT2D eigenvalue weighted by molar-refractivity contribution is 0.256. The number of carbonyl (C=O) groups excluding carboxylic acids is 1. The molecule has 2 aromatic carbocycles. The van der Waals surface area contributed by atoms with Crippen molar-refractivity contribution >= 4 is 71.5 Å². The summed E-state index contributed by atoms with van der Waals surface area (Å²) in [6.07, 6.45) is 1.42. The Kier molecular flexibility index (Phi) is 5.84. The molecule has 0 radical (unpaired) electrons. The van der Waals surface area contributed by atoms with Crippen LogP contribution in [0.5, 0.6) is 0 Å². The van der Waals surface area contributed by atoms with Gasteiger partial charge >= 0.3 is 6.03 Å². The number of hydrogen-bond acceptors (Lipinski definition) is 6. The van der Waals surface area contributed by atoms with Gasteiger partial charge in [0.1, 0.15) is 10.5 Å². The Balaban J connectivity index is 1.52. The van der Waals surface area contributed by atoms with Crippen LogP contribution < -0.4 is 15.6 Å². The summed E-state index contributed by atoms with van der Waals surface area (Å²) in [5, 5.41) is 2.89. The van der Waals surface area contributed by atoms with E-state index in [1.807, 2.05) is 4.72 Å².